The molecule has 0 bridgehead atoms. The molecule has 0 radical (unpaired) electrons. The van der Waals surface area contributed by atoms with E-state index in [1.54, 1.807) is 26.4 Å². The number of guanidine groups is 1. The van der Waals surface area contributed by atoms with Gasteiger partial charge in [-0.25, -0.2) is 4.98 Å². The number of carbonyl (C=O) groups is 1. The number of nitrogens with one attached hydrogen (secondary N) is 3. The van der Waals surface area contributed by atoms with Crippen molar-refractivity contribution in [3.63, 3.8) is 0 Å². The van der Waals surface area contributed by atoms with Gasteiger partial charge in [0.2, 0.25) is 5.89 Å². The Kier molecular flexibility index (Phi) is 7.21. The number of benzene rings is 2. The fourth-order valence-electron chi connectivity index (χ4n) is 2.95. The summed E-state index contributed by atoms with van der Waals surface area (Å²) in [5, 5.41) is 9.15. The average molecular weight is 406 g/mol. The highest BCUT2D eigenvalue weighted by Crippen LogP contribution is 2.19. The average Bonchev–Trinajstić information content (AvgIpc) is 3.25. The van der Waals surface area contributed by atoms with Crippen molar-refractivity contribution >= 4 is 11.9 Å². The van der Waals surface area contributed by atoms with Crippen LogP contribution in [0.2, 0.25) is 0 Å². The molecule has 2 aromatic carbocycles. The number of nitrogens with zero attached hydrogens (tertiary/aromatic N) is 2. The van der Waals surface area contributed by atoms with Gasteiger partial charge in [0.1, 0.15) is 6.26 Å². The van der Waals surface area contributed by atoms with Gasteiger partial charge in [-0.2, -0.15) is 0 Å². The third kappa shape index (κ3) is 5.70. The second-order valence-electron chi connectivity index (χ2n) is 6.89. The molecular formula is C23H27N5O2. The molecule has 0 aliphatic carbocycles. The van der Waals surface area contributed by atoms with Crippen molar-refractivity contribution in [2.24, 2.45) is 4.99 Å². The molecular weight excluding hydrogens is 378 g/mol. The normalized spacial score (nSPS) is 11.2. The number of aryl methyl sites for hydroxylation is 1. The summed E-state index contributed by atoms with van der Waals surface area (Å²) in [4.78, 5) is 20.5. The van der Waals surface area contributed by atoms with E-state index in [-0.39, 0.29) is 5.91 Å². The summed E-state index contributed by atoms with van der Waals surface area (Å²) < 4.78 is 5.59. The lowest BCUT2D eigenvalue weighted by Gasteiger charge is -2.11. The second-order valence-corrected chi connectivity index (χ2v) is 6.89. The Morgan fingerprint density at radius 3 is 2.67 bits per heavy atom. The summed E-state index contributed by atoms with van der Waals surface area (Å²) in [5.41, 5.74) is 4.69. The van der Waals surface area contributed by atoms with E-state index < -0.39 is 0 Å². The zero-order chi connectivity index (χ0) is 21.3. The summed E-state index contributed by atoms with van der Waals surface area (Å²) in [7, 11) is 3.35. The summed E-state index contributed by atoms with van der Waals surface area (Å²) in [6.45, 7) is 3.23. The highest BCUT2D eigenvalue weighted by Gasteiger charge is 2.08. The molecule has 3 rings (SSSR count). The van der Waals surface area contributed by atoms with Gasteiger partial charge in [-0.05, 0) is 43.2 Å². The van der Waals surface area contributed by atoms with Crippen molar-refractivity contribution in [1.82, 2.24) is 20.9 Å². The first-order valence-electron chi connectivity index (χ1n) is 9.86. The van der Waals surface area contributed by atoms with E-state index in [1.165, 1.54) is 5.56 Å². The van der Waals surface area contributed by atoms with Crippen LogP contribution >= 0.6 is 0 Å². The molecule has 0 saturated carbocycles. The number of oxazole rings is 1. The van der Waals surface area contributed by atoms with Crippen LogP contribution in [0.1, 0.15) is 27.2 Å². The van der Waals surface area contributed by atoms with E-state index in [1.807, 2.05) is 49.4 Å². The SMILES string of the molecule is CN=C(NCCc1cccc(C(=O)NC)c1)NCc1coc(-c2ccc(C)cc2)n1. The predicted octanol–water partition coefficient (Wildman–Crippen LogP) is 2.92. The van der Waals surface area contributed by atoms with Gasteiger partial charge in [-0.3, -0.25) is 9.79 Å². The fraction of sp³-hybridized carbons (Fsp3) is 0.261. The summed E-state index contributed by atoms with van der Waals surface area (Å²) in [6, 6.07) is 15.7. The van der Waals surface area contributed by atoms with E-state index in [0.717, 1.165) is 23.2 Å². The highest BCUT2D eigenvalue weighted by molar-refractivity contribution is 5.94. The van der Waals surface area contributed by atoms with Gasteiger partial charge in [0.15, 0.2) is 5.96 Å². The Bertz CT molecular complexity index is 1010. The molecule has 7 nitrogen and oxygen atoms in total. The Morgan fingerprint density at radius 1 is 1.13 bits per heavy atom. The van der Waals surface area contributed by atoms with Crippen LogP contribution < -0.4 is 16.0 Å². The number of carbonyl (C=O) groups excluding carboxylic acids is 1. The summed E-state index contributed by atoms with van der Waals surface area (Å²) >= 11 is 0. The minimum Gasteiger partial charge on any atom is -0.444 e. The maximum atomic E-state index is 11.8. The first kappa shape index (κ1) is 21.1. The number of hydrogen-bond donors (Lipinski definition) is 3. The molecule has 30 heavy (non-hydrogen) atoms. The number of aromatic nitrogens is 1. The van der Waals surface area contributed by atoms with Gasteiger partial charge in [-0.1, -0.05) is 29.8 Å². The lowest BCUT2D eigenvalue weighted by atomic mass is 10.1. The van der Waals surface area contributed by atoms with Crippen LogP contribution in [0.4, 0.5) is 0 Å². The van der Waals surface area contributed by atoms with Crippen LogP contribution in [0.3, 0.4) is 0 Å². The van der Waals surface area contributed by atoms with Crippen LogP contribution in [0.5, 0.6) is 0 Å². The summed E-state index contributed by atoms with van der Waals surface area (Å²) in [6.07, 6.45) is 2.42. The standard InChI is InChI=1S/C23H27N5O2/c1-16-7-9-18(10-8-16)22-28-20(15-30-22)14-27-23(25-3)26-12-11-17-5-4-6-19(13-17)21(29)24-2/h4-10,13,15H,11-12,14H2,1-3H3,(H,24,29)(H2,25,26,27). The molecule has 3 aromatic rings. The molecule has 3 N–H and O–H groups in total. The molecule has 0 aliphatic heterocycles. The lowest BCUT2D eigenvalue weighted by Crippen LogP contribution is -2.37. The number of hydrogen-bond acceptors (Lipinski definition) is 4. The van der Waals surface area contributed by atoms with Crippen LogP contribution in [0.25, 0.3) is 11.5 Å². The largest absolute Gasteiger partial charge is 0.444 e. The Balaban J connectivity index is 1.49. The van der Waals surface area contributed by atoms with Gasteiger partial charge in [0, 0.05) is 31.8 Å². The maximum absolute atomic E-state index is 11.8. The van der Waals surface area contributed by atoms with Crippen LogP contribution in [0, 0.1) is 6.92 Å². The van der Waals surface area contributed by atoms with E-state index in [0.29, 0.717) is 30.5 Å². The van der Waals surface area contributed by atoms with E-state index >= 15 is 0 Å². The van der Waals surface area contributed by atoms with Crippen molar-refractivity contribution in [2.75, 3.05) is 20.6 Å². The van der Waals surface area contributed by atoms with Crippen molar-refractivity contribution in [1.29, 1.82) is 0 Å². The minimum absolute atomic E-state index is 0.0834. The molecule has 0 atom stereocenters. The molecule has 156 valence electrons. The van der Waals surface area contributed by atoms with Gasteiger partial charge >= 0.3 is 0 Å². The Hall–Kier alpha value is -3.61. The molecule has 1 aromatic heterocycles. The summed E-state index contributed by atoms with van der Waals surface area (Å²) in [5.74, 6) is 1.20. The Labute approximate surface area is 176 Å². The highest BCUT2D eigenvalue weighted by atomic mass is 16.3. The van der Waals surface area contributed by atoms with Crippen LogP contribution in [-0.2, 0) is 13.0 Å². The quantitative estimate of drug-likeness (QED) is 0.415. The first-order valence-corrected chi connectivity index (χ1v) is 9.86. The lowest BCUT2D eigenvalue weighted by molar-refractivity contribution is 0.0963. The molecule has 0 aliphatic rings. The number of amides is 1. The Morgan fingerprint density at radius 2 is 1.93 bits per heavy atom. The number of aliphatic imine (C=N–C) groups is 1. The van der Waals surface area contributed by atoms with Crippen molar-refractivity contribution in [3.05, 3.63) is 77.2 Å². The van der Waals surface area contributed by atoms with Crippen molar-refractivity contribution in [2.45, 2.75) is 19.9 Å². The fourth-order valence-corrected chi connectivity index (χ4v) is 2.95. The molecule has 1 amide bonds. The van der Waals surface area contributed by atoms with Crippen molar-refractivity contribution in [3.8, 4) is 11.5 Å². The maximum Gasteiger partial charge on any atom is 0.251 e. The topological polar surface area (TPSA) is 91.5 Å². The van der Waals surface area contributed by atoms with Gasteiger partial charge < -0.3 is 20.4 Å². The monoisotopic (exact) mass is 405 g/mol. The van der Waals surface area contributed by atoms with E-state index in [4.69, 9.17) is 4.42 Å². The smallest absolute Gasteiger partial charge is 0.251 e. The van der Waals surface area contributed by atoms with Gasteiger partial charge in [-0.15, -0.1) is 0 Å². The van der Waals surface area contributed by atoms with Crippen molar-refractivity contribution < 1.29 is 9.21 Å². The molecule has 0 fully saturated rings. The first-order chi connectivity index (χ1) is 14.6. The molecule has 0 saturated heterocycles. The van der Waals surface area contributed by atoms with Gasteiger partial charge in [0.25, 0.3) is 5.91 Å². The molecule has 0 spiro atoms. The van der Waals surface area contributed by atoms with Crippen LogP contribution in [0.15, 0.2) is 64.2 Å². The second kappa shape index (κ2) is 10.2. The molecule has 7 heteroatoms. The van der Waals surface area contributed by atoms with Gasteiger partial charge in [0.05, 0.1) is 12.2 Å². The minimum atomic E-state index is -0.0834. The predicted molar refractivity (Wildman–Crippen MR) is 118 cm³/mol. The zero-order valence-electron chi connectivity index (χ0n) is 17.5. The third-order valence-corrected chi connectivity index (χ3v) is 4.63. The molecule has 1 heterocycles. The molecule has 0 unspecified atom stereocenters. The number of rotatable bonds is 7. The van der Waals surface area contributed by atoms with E-state index in [9.17, 15) is 4.79 Å². The third-order valence-electron chi connectivity index (χ3n) is 4.63. The van der Waals surface area contributed by atoms with Crippen LogP contribution in [-0.4, -0.2) is 37.5 Å². The van der Waals surface area contributed by atoms with E-state index in [2.05, 4.69) is 25.9 Å². The zero-order valence-corrected chi connectivity index (χ0v) is 17.5.